The van der Waals surface area contributed by atoms with E-state index >= 15 is 0 Å². The third-order valence-corrected chi connectivity index (χ3v) is 5.20. The summed E-state index contributed by atoms with van der Waals surface area (Å²) in [6.07, 6.45) is 10.0. The average Bonchev–Trinajstić information content (AvgIpc) is 2.89. The number of halogens is 1. The van der Waals surface area contributed by atoms with Crippen LogP contribution in [-0.2, 0) is 0 Å². The Balaban J connectivity index is 1.74. The SMILES string of the molecule is NNc1ncc(Br)c(N2CCC3(CCCC3)CC2)n1. The van der Waals surface area contributed by atoms with E-state index in [0.717, 1.165) is 23.4 Å². The van der Waals surface area contributed by atoms with Gasteiger partial charge >= 0.3 is 0 Å². The zero-order chi connectivity index (χ0) is 13.3. The van der Waals surface area contributed by atoms with Crippen LogP contribution in [0, 0.1) is 5.41 Å². The highest BCUT2D eigenvalue weighted by molar-refractivity contribution is 9.10. The highest BCUT2D eigenvalue weighted by Crippen LogP contribution is 2.46. The van der Waals surface area contributed by atoms with Crippen LogP contribution in [0.4, 0.5) is 11.8 Å². The molecule has 1 aromatic heterocycles. The van der Waals surface area contributed by atoms with Gasteiger partial charge in [-0.2, -0.15) is 4.98 Å². The molecule has 5 nitrogen and oxygen atoms in total. The zero-order valence-corrected chi connectivity index (χ0v) is 12.6. The topological polar surface area (TPSA) is 67.1 Å². The summed E-state index contributed by atoms with van der Waals surface area (Å²) in [5.41, 5.74) is 3.14. The van der Waals surface area contributed by atoms with E-state index in [4.69, 9.17) is 5.84 Å². The summed E-state index contributed by atoms with van der Waals surface area (Å²) in [7, 11) is 0. The van der Waals surface area contributed by atoms with Crippen molar-refractivity contribution in [1.29, 1.82) is 0 Å². The summed E-state index contributed by atoms with van der Waals surface area (Å²) in [6.45, 7) is 2.17. The minimum Gasteiger partial charge on any atom is -0.355 e. The monoisotopic (exact) mass is 325 g/mol. The van der Waals surface area contributed by atoms with Gasteiger partial charge in [-0.25, -0.2) is 10.8 Å². The minimum atomic E-state index is 0.472. The summed E-state index contributed by atoms with van der Waals surface area (Å²) in [6, 6.07) is 0. The van der Waals surface area contributed by atoms with Gasteiger partial charge in [0.1, 0.15) is 5.82 Å². The molecule has 0 atom stereocenters. The Bertz CT molecular complexity index is 448. The summed E-state index contributed by atoms with van der Waals surface area (Å²) in [4.78, 5) is 10.9. The lowest BCUT2D eigenvalue weighted by atomic mass is 9.77. The molecule has 2 fully saturated rings. The molecule has 1 aromatic rings. The number of nitrogens with one attached hydrogen (secondary N) is 1. The molecule has 1 saturated carbocycles. The molecule has 0 radical (unpaired) electrons. The Morgan fingerprint density at radius 3 is 2.53 bits per heavy atom. The van der Waals surface area contributed by atoms with Crippen LogP contribution in [0.1, 0.15) is 38.5 Å². The van der Waals surface area contributed by atoms with Gasteiger partial charge in [-0.05, 0) is 47.0 Å². The van der Waals surface area contributed by atoms with Gasteiger partial charge < -0.3 is 4.90 Å². The summed E-state index contributed by atoms with van der Waals surface area (Å²) in [5.74, 6) is 6.81. The van der Waals surface area contributed by atoms with E-state index in [0.29, 0.717) is 11.4 Å². The lowest BCUT2D eigenvalue weighted by molar-refractivity contribution is 0.226. The number of hydrogen-bond acceptors (Lipinski definition) is 5. The van der Waals surface area contributed by atoms with Crippen molar-refractivity contribution in [3.63, 3.8) is 0 Å². The van der Waals surface area contributed by atoms with Gasteiger partial charge in [-0.1, -0.05) is 12.8 Å². The van der Waals surface area contributed by atoms with Crippen molar-refractivity contribution >= 4 is 27.7 Å². The molecule has 0 amide bonds. The molecule has 104 valence electrons. The lowest BCUT2D eigenvalue weighted by Crippen LogP contribution is -2.39. The van der Waals surface area contributed by atoms with Crippen LogP contribution in [0.5, 0.6) is 0 Å². The summed E-state index contributed by atoms with van der Waals surface area (Å²) < 4.78 is 0.939. The molecular weight excluding hydrogens is 306 g/mol. The first kappa shape index (κ1) is 13.1. The van der Waals surface area contributed by atoms with Crippen LogP contribution >= 0.6 is 15.9 Å². The molecule has 1 spiro atoms. The Labute approximate surface area is 122 Å². The summed E-state index contributed by atoms with van der Waals surface area (Å²) in [5, 5.41) is 0. The van der Waals surface area contributed by atoms with Gasteiger partial charge in [0, 0.05) is 19.3 Å². The number of anilines is 2. The third-order valence-electron chi connectivity index (χ3n) is 4.64. The van der Waals surface area contributed by atoms with Crippen LogP contribution in [-0.4, -0.2) is 23.1 Å². The molecule has 3 rings (SSSR count). The van der Waals surface area contributed by atoms with Gasteiger partial charge in [0.05, 0.1) is 4.47 Å². The fraction of sp³-hybridized carbons (Fsp3) is 0.692. The number of nitrogens with two attached hydrogens (primary N) is 1. The predicted molar refractivity (Wildman–Crippen MR) is 79.9 cm³/mol. The van der Waals surface area contributed by atoms with E-state index in [2.05, 4.69) is 36.2 Å². The fourth-order valence-corrected chi connectivity index (χ4v) is 3.91. The molecule has 2 aliphatic rings. The predicted octanol–water partition coefficient (Wildman–Crippen LogP) is 2.69. The normalized spacial score (nSPS) is 21.9. The molecule has 1 aliphatic carbocycles. The van der Waals surface area contributed by atoms with Crippen LogP contribution in [0.25, 0.3) is 0 Å². The van der Waals surface area contributed by atoms with Crippen LogP contribution in [0.15, 0.2) is 10.7 Å². The van der Waals surface area contributed by atoms with Gasteiger partial charge in [0.25, 0.3) is 0 Å². The van der Waals surface area contributed by atoms with E-state index in [-0.39, 0.29) is 0 Å². The third kappa shape index (κ3) is 2.56. The van der Waals surface area contributed by atoms with Crippen molar-refractivity contribution in [3.8, 4) is 0 Å². The minimum absolute atomic E-state index is 0.472. The molecule has 0 aromatic carbocycles. The van der Waals surface area contributed by atoms with Gasteiger partial charge in [0.15, 0.2) is 0 Å². The molecule has 0 unspecified atom stereocenters. The smallest absolute Gasteiger partial charge is 0.239 e. The van der Waals surface area contributed by atoms with E-state index in [1.54, 1.807) is 6.20 Å². The first-order valence-electron chi connectivity index (χ1n) is 6.97. The zero-order valence-electron chi connectivity index (χ0n) is 11.0. The molecule has 2 heterocycles. The molecule has 19 heavy (non-hydrogen) atoms. The standard InChI is InChI=1S/C13H20BrN5/c14-10-9-16-12(18-15)17-11(10)19-7-5-13(6-8-19)3-1-2-4-13/h9H,1-8,15H2,(H,16,17,18). The number of nitrogens with zero attached hydrogens (tertiary/aromatic N) is 3. The van der Waals surface area contributed by atoms with Crippen LogP contribution in [0.3, 0.4) is 0 Å². The number of rotatable bonds is 2. The quantitative estimate of drug-likeness (QED) is 0.646. The highest BCUT2D eigenvalue weighted by atomic mass is 79.9. The Kier molecular flexibility index (Phi) is 3.62. The first-order chi connectivity index (χ1) is 9.22. The van der Waals surface area contributed by atoms with Crippen LogP contribution in [0.2, 0.25) is 0 Å². The maximum absolute atomic E-state index is 5.38. The lowest BCUT2D eigenvalue weighted by Gasteiger charge is -2.40. The fourth-order valence-electron chi connectivity index (χ4n) is 3.47. The first-order valence-corrected chi connectivity index (χ1v) is 7.76. The Morgan fingerprint density at radius 2 is 1.89 bits per heavy atom. The maximum Gasteiger partial charge on any atom is 0.239 e. The van der Waals surface area contributed by atoms with Crippen molar-refractivity contribution in [2.75, 3.05) is 23.4 Å². The molecule has 1 aliphatic heterocycles. The number of hydrazine groups is 1. The Hall–Kier alpha value is -0.880. The Morgan fingerprint density at radius 1 is 1.21 bits per heavy atom. The molecule has 1 saturated heterocycles. The van der Waals surface area contributed by atoms with E-state index in [1.165, 1.54) is 38.5 Å². The second-order valence-electron chi connectivity index (χ2n) is 5.70. The maximum atomic E-state index is 5.38. The highest BCUT2D eigenvalue weighted by Gasteiger charge is 2.37. The van der Waals surface area contributed by atoms with Crippen molar-refractivity contribution in [1.82, 2.24) is 9.97 Å². The van der Waals surface area contributed by atoms with E-state index < -0.39 is 0 Å². The second kappa shape index (κ2) is 5.25. The summed E-state index contributed by atoms with van der Waals surface area (Å²) >= 11 is 3.53. The van der Waals surface area contributed by atoms with Gasteiger partial charge in [-0.15, -0.1) is 0 Å². The largest absolute Gasteiger partial charge is 0.355 e. The number of hydrogen-bond donors (Lipinski definition) is 2. The van der Waals surface area contributed by atoms with Crippen molar-refractivity contribution < 1.29 is 0 Å². The van der Waals surface area contributed by atoms with Crippen molar-refractivity contribution in [3.05, 3.63) is 10.7 Å². The van der Waals surface area contributed by atoms with Crippen LogP contribution < -0.4 is 16.2 Å². The van der Waals surface area contributed by atoms with Crippen molar-refractivity contribution in [2.45, 2.75) is 38.5 Å². The average molecular weight is 326 g/mol. The molecular formula is C13H20BrN5. The second-order valence-corrected chi connectivity index (χ2v) is 6.56. The molecule has 0 bridgehead atoms. The van der Waals surface area contributed by atoms with Gasteiger partial charge in [0.2, 0.25) is 5.95 Å². The molecule has 6 heteroatoms. The number of piperidine rings is 1. The van der Waals surface area contributed by atoms with Crippen molar-refractivity contribution in [2.24, 2.45) is 11.3 Å². The van der Waals surface area contributed by atoms with Gasteiger partial charge in [-0.3, -0.25) is 5.43 Å². The van der Waals surface area contributed by atoms with E-state index in [1.807, 2.05) is 0 Å². The molecule has 3 N–H and O–H groups in total. The number of nitrogen functional groups attached to an aromatic ring is 1. The van der Waals surface area contributed by atoms with E-state index in [9.17, 15) is 0 Å². The number of aromatic nitrogens is 2.